The van der Waals surface area contributed by atoms with Gasteiger partial charge in [0.1, 0.15) is 0 Å². The van der Waals surface area contributed by atoms with Crippen molar-refractivity contribution >= 4 is 0 Å². The Balaban J connectivity index is 1.93. The zero-order valence-electron chi connectivity index (χ0n) is 9.57. The minimum absolute atomic E-state index is 0.216. The highest BCUT2D eigenvalue weighted by molar-refractivity contribution is 5.31. The van der Waals surface area contributed by atoms with Gasteiger partial charge in [-0.05, 0) is 12.0 Å². The van der Waals surface area contributed by atoms with Gasteiger partial charge in [0, 0.05) is 6.61 Å². The summed E-state index contributed by atoms with van der Waals surface area (Å²) in [5, 5.41) is 1.27. The lowest BCUT2D eigenvalue weighted by molar-refractivity contribution is -0.177. The minimum atomic E-state index is -4.35. The summed E-state index contributed by atoms with van der Waals surface area (Å²) in [7, 11) is 0. The highest BCUT2D eigenvalue weighted by Gasteiger charge is 2.72. The molecule has 3 nitrogen and oxygen atoms in total. The summed E-state index contributed by atoms with van der Waals surface area (Å²) >= 11 is 0. The van der Waals surface area contributed by atoms with Gasteiger partial charge in [0.2, 0.25) is 5.66 Å². The van der Waals surface area contributed by atoms with Crippen molar-refractivity contribution in [2.45, 2.75) is 24.3 Å². The Morgan fingerprint density at radius 3 is 2.56 bits per heavy atom. The molecule has 0 bridgehead atoms. The summed E-state index contributed by atoms with van der Waals surface area (Å²) in [5.41, 5.74) is 0.700. The van der Waals surface area contributed by atoms with Gasteiger partial charge in [0.15, 0.2) is 0 Å². The van der Waals surface area contributed by atoms with Gasteiger partial charge in [0.05, 0.1) is 12.6 Å². The van der Waals surface area contributed by atoms with Gasteiger partial charge in [0.25, 0.3) is 0 Å². The van der Waals surface area contributed by atoms with E-state index in [2.05, 4.69) is 5.43 Å². The Hall–Kier alpha value is -1.11. The molecule has 98 valence electrons. The SMILES string of the molecule is FC(F)(F)C1(c2ccccc2)NN1C1CCOC1. The number of hydrogen-bond acceptors (Lipinski definition) is 3. The molecule has 3 atom stereocenters. The van der Waals surface area contributed by atoms with Crippen LogP contribution in [0.4, 0.5) is 13.2 Å². The predicted octanol–water partition coefficient (Wildman–Crippen LogP) is 2.01. The molecule has 0 amide bonds. The monoisotopic (exact) mass is 258 g/mol. The van der Waals surface area contributed by atoms with Crippen molar-refractivity contribution in [3.05, 3.63) is 35.9 Å². The van der Waals surface area contributed by atoms with Crippen molar-refractivity contribution in [3.63, 3.8) is 0 Å². The number of ether oxygens (including phenoxy) is 1. The number of nitrogens with zero attached hydrogens (tertiary/aromatic N) is 1. The fourth-order valence-electron chi connectivity index (χ4n) is 2.49. The predicted molar refractivity (Wildman–Crippen MR) is 58.4 cm³/mol. The highest BCUT2D eigenvalue weighted by atomic mass is 19.4. The molecule has 0 spiro atoms. The first kappa shape index (κ1) is 12.0. The molecule has 2 saturated heterocycles. The van der Waals surface area contributed by atoms with Crippen molar-refractivity contribution in [1.82, 2.24) is 10.4 Å². The fourth-order valence-corrected chi connectivity index (χ4v) is 2.49. The van der Waals surface area contributed by atoms with Crippen LogP contribution >= 0.6 is 0 Å². The number of nitrogens with one attached hydrogen (secondary N) is 1. The van der Waals surface area contributed by atoms with Gasteiger partial charge in [-0.1, -0.05) is 30.3 Å². The Morgan fingerprint density at radius 1 is 1.28 bits per heavy atom. The first-order chi connectivity index (χ1) is 8.56. The van der Waals surface area contributed by atoms with Gasteiger partial charge < -0.3 is 4.74 Å². The minimum Gasteiger partial charge on any atom is -0.380 e. The van der Waals surface area contributed by atoms with E-state index in [-0.39, 0.29) is 11.6 Å². The highest BCUT2D eigenvalue weighted by Crippen LogP contribution is 2.51. The maximum atomic E-state index is 13.3. The van der Waals surface area contributed by atoms with Crippen LogP contribution < -0.4 is 5.43 Å². The zero-order valence-corrected chi connectivity index (χ0v) is 9.57. The molecule has 1 N–H and O–H groups in total. The number of hydrazine groups is 1. The molecule has 18 heavy (non-hydrogen) atoms. The van der Waals surface area contributed by atoms with Crippen LogP contribution in [0.5, 0.6) is 0 Å². The normalized spacial score (nSPS) is 35.7. The molecule has 0 aliphatic carbocycles. The summed E-state index contributed by atoms with van der Waals surface area (Å²) in [6.45, 7) is 0.864. The molecule has 2 aliphatic rings. The number of benzene rings is 1. The summed E-state index contributed by atoms with van der Waals surface area (Å²) in [4.78, 5) is 0. The van der Waals surface area contributed by atoms with Crippen molar-refractivity contribution in [3.8, 4) is 0 Å². The summed E-state index contributed by atoms with van der Waals surface area (Å²) in [6, 6.07) is 7.72. The molecule has 2 heterocycles. The van der Waals surface area contributed by atoms with E-state index in [4.69, 9.17) is 4.74 Å². The van der Waals surface area contributed by atoms with E-state index >= 15 is 0 Å². The van der Waals surface area contributed by atoms with Crippen LogP contribution in [0, 0.1) is 0 Å². The molecule has 2 aliphatic heterocycles. The van der Waals surface area contributed by atoms with E-state index in [0.29, 0.717) is 19.6 Å². The molecular weight excluding hydrogens is 245 g/mol. The smallest absolute Gasteiger partial charge is 0.380 e. The standard InChI is InChI=1S/C12H13F3N2O/c13-12(14,15)11(9-4-2-1-3-5-9)16-17(11)10-6-7-18-8-10/h1-5,10,16H,6-8H2. The summed E-state index contributed by atoms with van der Waals surface area (Å²) in [6.07, 6.45) is -3.73. The second-order valence-corrected chi connectivity index (χ2v) is 4.57. The van der Waals surface area contributed by atoms with Gasteiger partial charge >= 0.3 is 6.18 Å². The third-order valence-electron chi connectivity index (χ3n) is 3.47. The van der Waals surface area contributed by atoms with Crippen molar-refractivity contribution < 1.29 is 17.9 Å². The zero-order chi connectivity index (χ0) is 12.8. The molecule has 3 unspecified atom stereocenters. The van der Waals surface area contributed by atoms with Gasteiger partial charge in [-0.25, -0.2) is 10.4 Å². The number of hydrogen-bond donors (Lipinski definition) is 1. The second kappa shape index (κ2) is 3.94. The Bertz CT molecular complexity index is 431. The fraction of sp³-hybridized carbons (Fsp3) is 0.500. The Labute approximate surface area is 102 Å². The second-order valence-electron chi connectivity index (χ2n) is 4.57. The van der Waals surface area contributed by atoms with Crippen LogP contribution in [0.25, 0.3) is 0 Å². The van der Waals surface area contributed by atoms with E-state index in [0.717, 1.165) is 0 Å². The van der Waals surface area contributed by atoms with Crippen molar-refractivity contribution in [1.29, 1.82) is 0 Å². The number of alkyl halides is 3. The third kappa shape index (κ3) is 1.64. The largest absolute Gasteiger partial charge is 0.426 e. The first-order valence-electron chi connectivity index (χ1n) is 5.83. The van der Waals surface area contributed by atoms with Gasteiger partial charge in [-0.2, -0.15) is 13.2 Å². The van der Waals surface area contributed by atoms with E-state index in [1.165, 1.54) is 17.1 Å². The van der Waals surface area contributed by atoms with Gasteiger partial charge in [-0.15, -0.1) is 0 Å². The van der Waals surface area contributed by atoms with Crippen LogP contribution in [-0.4, -0.2) is 30.4 Å². The quantitative estimate of drug-likeness (QED) is 0.824. The van der Waals surface area contributed by atoms with Crippen LogP contribution in [-0.2, 0) is 10.4 Å². The van der Waals surface area contributed by atoms with Crippen LogP contribution in [0.1, 0.15) is 12.0 Å². The van der Waals surface area contributed by atoms with E-state index in [1.807, 2.05) is 0 Å². The Kier molecular flexibility index (Phi) is 2.62. The van der Waals surface area contributed by atoms with E-state index in [1.54, 1.807) is 18.2 Å². The third-order valence-corrected chi connectivity index (χ3v) is 3.47. The summed E-state index contributed by atoms with van der Waals surface area (Å²) in [5.74, 6) is 0. The topological polar surface area (TPSA) is 34.2 Å². The molecule has 0 aromatic heterocycles. The summed E-state index contributed by atoms with van der Waals surface area (Å²) < 4.78 is 45.2. The lowest BCUT2D eigenvalue weighted by Gasteiger charge is -2.21. The number of rotatable bonds is 2. The first-order valence-corrected chi connectivity index (χ1v) is 5.83. The lowest BCUT2D eigenvalue weighted by Crippen LogP contribution is -2.38. The van der Waals surface area contributed by atoms with Gasteiger partial charge in [-0.3, -0.25) is 0 Å². The average molecular weight is 258 g/mol. The molecular formula is C12H13F3N2O. The number of halogens is 3. The lowest BCUT2D eigenvalue weighted by atomic mass is 10.0. The van der Waals surface area contributed by atoms with Crippen LogP contribution in [0.3, 0.4) is 0 Å². The van der Waals surface area contributed by atoms with E-state index < -0.39 is 11.8 Å². The van der Waals surface area contributed by atoms with Crippen LogP contribution in [0.15, 0.2) is 30.3 Å². The maximum Gasteiger partial charge on any atom is 0.426 e. The maximum absolute atomic E-state index is 13.3. The molecule has 6 heteroatoms. The molecule has 1 aromatic rings. The van der Waals surface area contributed by atoms with Crippen molar-refractivity contribution in [2.75, 3.05) is 13.2 Å². The van der Waals surface area contributed by atoms with Crippen LogP contribution in [0.2, 0.25) is 0 Å². The molecule has 2 fully saturated rings. The molecule has 0 radical (unpaired) electrons. The van der Waals surface area contributed by atoms with Crippen molar-refractivity contribution in [2.24, 2.45) is 0 Å². The molecule has 1 aromatic carbocycles. The molecule has 3 rings (SSSR count). The molecule has 0 saturated carbocycles. The Morgan fingerprint density at radius 2 is 2.00 bits per heavy atom. The van der Waals surface area contributed by atoms with E-state index in [9.17, 15) is 13.2 Å². The average Bonchev–Trinajstić information content (AvgIpc) is 2.90.